The molecular weight excluding hydrogens is 408 g/mol. The molecule has 3 aromatic rings. The minimum Gasteiger partial charge on any atom is -0.493 e. The Hall–Kier alpha value is -3.74. The first kappa shape index (κ1) is 22.9. The van der Waals surface area contributed by atoms with E-state index in [1.54, 1.807) is 45.5 Å². The summed E-state index contributed by atoms with van der Waals surface area (Å²) in [4.78, 5) is 17.3. The average Bonchev–Trinajstić information content (AvgIpc) is 3.26. The summed E-state index contributed by atoms with van der Waals surface area (Å²) < 4.78 is 23.9. The Morgan fingerprint density at radius 2 is 1.72 bits per heavy atom. The van der Waals surface area contributed by atoms with Gasteiger partial charge in [0.1, 0.15) is 11.4 Å². The lowest BCUT2D eigenvalue weighted by molar-refractivity contribution is -0.136. The number of nitrogens with zero attached hydrogens (tertiary/aromatic N) is 2. The van der Waals surface area contributed by atoms with Gasteiger partial charge in [-0.05, 0) is 43.2 Å². The Morgan fingerprint density at radius 3 is 2.31 bits per heavy atom. The van der Waals surface area contributed by atoms with Gasteiger partial charge < -0.3 is 23.5 Å². The molecule has 0 amide bonds. The summed E-state index contributed by atoms with van der Waals surface area (Å²) in [5.41, 5.74) is 2.12. The van der Waals surface area contributed by atoms with Crippen molar-refractivity contribution in [1.82, 2.24) is 9.55 Å². The second kappa shape index (κ2) is 11.0. The molecule has 0 bridgehead atoms. The number of benzene rings is 2. The van der Waals surface area contributed by atoms with Gasteiger partial charge in [-0.3, -0.25) is 0 Å². The van der Waals surface area contributed by atoms with Crippen LogP contribution < -0.4 is 14.2 Å². The number of rotatable bonds is 10. The number of carbonyl (C=O) groups excluding carboxylic acids is 1. The Kier molecular flexibility index (Phi) is 7.91. The fourth-order valence-corrected chi connectivity index (χ4v) is 3.32. The number of imidazole rings is 1. The Morgan fingerprint density at radius 1 is 1.03 bits per heavy atom. The summed E-state index contributed by atoms with van der Waals surface area (Å²) in [7, 11) is 3.12. The van der Waals surface area contributed by atoms with Crippen molar-refractivity contribution < 1.29 is 23.7 Å². The molecule has 0 aliphatic rings. The van der Waals surface area contributed by atoms with Crippen LogP contribution in [0.4, 0.5) is 0 Å². The van der Waals surface area contributed by atoms with Gasteiger partial charge in [0.2, 0.25) is 5.75 Å². The number of hydrogen-bond acceptors (Lipinski definition) is 6. The van der Waals surface area contributed by atoms with Crippen LogP contribution in [0.3, 0.4) is 0 Å². The highest BCUT2D eigenvalue weighted by atomic mass is 16.5. The molecule has 0 aliphatic heterocycles. The van der Waals surface area contributed by atoms with Crippen LogP contribution in [-0.4, -0.2) is 43.0 Å². The quantitative estimate of drug-likeness (QED) is 0.345. The van der Waals surface area contributed by atoms with E-state index in [4.69, 9.17) is 18.9 Å². The van der Waals surface area contributed by atoms with E-state index in [1.807, 2.05) is 48.0 Å². The molecule has 1 heterocycles. The fourth-order valence-electron chi connectivity index (χ4n) is 3.32. The SMILES string of the molecule is CCOC(=O)/C(=C/c1cc(OC)c(OCC)c(OC)c1)c1nccn1Cc1ccccc1. The van der Waals surface area contributed by atoms with Crippen LogP contribution in [0.25, 0.3) is 11.6 Å². The lowest BCUT2D eigenvalue weighted by atomic mass is 10.1. The van der Waals surface area contributed by atoms with Gasteiger partial charge in [-0.25, -0.2) is 9.78 Å². The maximum Gasteiger partial charge on any atom is 0.341 e. The minimum atomic E-state index is -0.458. The van der Waals surface area contributed by atoms with E-state index in [0.29, 0.717) is 47.4 Å². The van der Waals surface area contributed by atoms with Crippen LogP contribution >= 0.6 is 0 Å². The van der Waals surface area contributed by atoms with Gasteiger partial charge in [0.25, 0.3) is 0 Å². The van der Waals surface area contributed by atoms with Crippen LogP contribution in [0, 0.1) is 0 Å². The molecule has 7 nitrogen and oxygen atoms in total. The number of aromatic nitrogens is 2. The minimum absolute atomic E-state index is 0.255. The van der Waals surface area contributed by atoms with E-state index in [-0.39, 0.29) is 6.61 Å². The van der Waals surface area contributed by atoms with Crippen molar-refractivity contribution in [3.8, 4) is 17.2 Å². The Bertz CT molecular complexity index is 1050. The van der Waals surface area contributed by atoms with Gasteiger partial charge in [-0.15, -0.1) is 0 Å². The van der Waals surface area contributed by atoms with Crippen molar-refractivity contribution in [1.29, 1.82) is 0 Å². The smallest absolute Gasteiger partial charge is 0.341 e. The third-order valence-electron chi connectivity index (χ3n) is 4.73. The first-order valence-electron chi connectivity index (χ1n) is 10.4. The third kappa shape index (κ3) is 5.29. The molecule has 0 saturated heterocycles. The van der Waals surface area contributed by atoms with Gasteiger partial charge in [0.15, 0.2) is 11.5 Å². The van der Waals surface area contributed by atoms with Crippen molar-refractivity contribution in [3.05, 3.63) is 71.8 Å². The number of ether oxygens (including phenoxy) is 4. The molecular formula is C25H28N2O5. The van der Waals surface area contributed by atoms with Crippen molar-refractivity contribution in [3.63, 3.8) is 0 Å². The standard InChI is InChI=1S/C25H28N2O5/c1-5-31-23-21(29-3)15-19(16-22(23)30-4)14-20(25(28)32-6-2)24-26-12-13-27(24)17-18-10-8-7-9-11-18/h7-16H,5-6,17H2,1-4H3/b20-14+. The van der Waals surface area contributed by atoms with Gasteiger partial charge in [-0.2, -0.15) is 0 Å². The zero-order valence-corrected chi connectivity index (χ0v) is 18.8. The number of methoxy groups -OCH3 is 2. The zero-order valence-electron chi connectivity index (χ0n) is 18.8. The lowest BCUT2D eigenvalue weighted by Gasteiger charge is -2.15. The monoisotopic (exact) mass is 436 g/mol. The predicted molar refractivity (Wildman–Crippen MR) is 123 cm³/mol. The molecule has 0 aliphatic carbocycles. The second-order valence-electron chi connectivity index (χ2n) is 6.83. The summed E-state index contributed by atoms with van der Waals surface area (Å²) in [6, 6.07) is 13.6. The first-order valence-corrected chi connectivity index (χ1v) is 10.4. The topological polar surface area (TPSA) is 71.8 Å². The number of carbonyl (C=O) groups is 1. The molecule has 0 unspecified atom stereocenters. The van der Waals surface area contributed by atoms with Gasteiger partial charge >= 0.3 is 5.97 Å². The van der Waals surface area contributed by atoms with Crippen molar-refractivity contribution >= 4 is 17.6 Å². The molecule has 2 aromatic carbocycles. The Labute approximate surface area is 188 Å². The second-order valence-corrected chi connectivity index (χ2v) is 6.83. The molecule has 0 spiro atoms. The number of hydrogen-bond donors (Lipinski definition) is 0. The van der Waals surface area contributed by atoms with E-state index in [9.17, 15) is 4.79 Å². The van der Waals surface area contributed by atoms with Crippen molar-refractivity contribution in [2.75, 3.05) is 27.4 Å². The molecule has 0 radical (unpaired) electrons. The molecule has 32 heavy (non-hydrogen) atoms. The van der Waals surface area contributed by atoms with Crippen LogP contribution in [0.1, 0.15) is 30.8 Å². The molecule has 0 saturated carbocycles. The molecule has 1 aromatic heterocycles. The maximum absolute atomic E-state index is 12.9. The summed E-state index contributed by atoms with van der Waals surface area (Å²) in [6.45, 7) is 4.95. The summed E-state index contributed by atoms with van der Waals surface area (Å²) in [5.74, 6) is 1.58. The molecule has 3 rings (SSSR count). The van der Waals surface area contributed by atoms with Crippen LogP contribution in [-0.2, 0) is 16.1 Å². The van der Waals surface area contributed by atoms with Crippen molar-refractivity contribution in [2.24, 2.45) is 0 Å². The molecule has 0 atom stereocenters. The average molecular weight is 437 g/mol. The van der Waals surface area contributed by atoms with Crippen LogP contribution in [0.15, 0.2) is 54.9 Å². The van der Waals surface area contributed by atoms with E-state index in [0.717, 1.165) is 5.56 Å². The van der Waals surface area contributed by atoms with Gasteiger partial charge in [0.05, 0.1) is 27.4 Å². The lowest BCUT2D eigenvalue weighted by Crippen LogP contribution is -2.12. The Balaban J connectivity index is 2.08. The highest BCUT2D eigenvalue weighted by Gasteiger charge is 2.20. The molecule has 0 fully saturated rings. The van der Waals surface area contributed by atoms with Crippen LogP contribution in [0.5, 0.6) is 17.2 Å². The number of esters is 1. The first-order chi connectivity index (χ1) is 15.6. The normalized spacial score (nSPS) is 11.2. The highest BCUT2D eigenvalue weighted by Crippen LogP contribution is 2.39. The molecule has 0 N–H and O–H groups in total. The van der Waals surface area contributed by atoms with Gasteiger partial charge in [0, 0.05) is 18.9 Å². The van der Waals surface area contributed by atoms with Gasteiger partial charge in [-0.1, -0.05) is 30.3 Å². The van der Waals surface area contributed by atoms with E-state index in [2.05, 4.69) is 4.98 Å². The van der Waals surface area contributed by atoms with Crippen LogP contribution in [0.2, 0.25) is 0 Å². The maximum atomic E-state index is 12.9. The zero-order chi connectivity index (χ0) is 22.9. The van der Waals surface area contributed by atoms with E-state index >= 15 is 0 Å². The molecule has 168 valence electrons. The fraction of sp³-hybridized carbons (Fsp3) is 0.280. The summed E-state index contributed by atoms with van der Waals surface area (Å²) in [5, 5.41) is 0. The summed E-state index contributed by atoms with van der Waals surface area (Å²) in [6.07, 6.45) is 5.24. The largest absolute Gasteiger partial charge is 0.493 e. The predicted octanol–water partition coefficient (Wildman–Crippen LogP) is 4.45. The van der Waals surface area contributed by atoms with Crippen molar-refractivity contribution in [2.45, 2.75) is 20.4 Å². The highest BCUT2D eigenvalue weighted by molar-refractivity contribution is 6.20. The summed E-state index contributed by atoms with van der Waals surface area (Å²) >= 11 is 0. The third-order valence-corrected chi connectivity index (χ3v) is 4.73. The van der Waals surface area contributed by atoms with E-state index < -0.39 is 5.97 Å². The van der Waals surface area contributed by atoms with E-state index in [1.165, 1.54) is 0 Å². The molecule has 7 heteroatoms.